The molecule has 11 heavy (non-hydrogen) atoms. The molecule has 0 spiro atoms. The van der Waals surface area contributed by atoms with E-state index in [0.717, 1.165) is 12.8 Å². The van der Waals surface area contributed by atoms with E-state index < -0.39 is 11.7 Å². The Bertz CT molecular complexity index is 142. The van der Waals surface area contributed by atoms with Crippen molar-refractivity contribution in [2.24, 2.45) is 11.8 Å². The molecule has 0 aromatic heterocycles. The van der Waals surface area contributed by atoms with Crippen LogP contribution in [0.1, 0.15) is 33.6 Å². The standard InChI is InChI=1S/C9H18O2/c1-6-4-7(2)8(10)9(3,11)5-6/h6-8,10-11H,4-5H2,1-3H3. The van der Waals surface area contributed by atoms with Crippen molar-refractivity contribution in [1.29, 1.82) is 0 Å². The Labute approximate surface area is 68.2 Å². The summed E-state index contributed by atoms with van der Waals surface area (Å²) in [5.41, 5.74) is -0.864. The summed E-state index contributed by atoms with van der Waals surface area (Å²) >= 11 is 0. The van der Waals surface area contributed by atoms with Gasteiger partial charge in [0.15, 0.2) is 0 Å². The van der Waals surface area contributed by atoms with Crippen LogP contribution in [-0.4, -0.2) is 21.9 Å². The van der Waals surface area contributed by atoms with Gasteiger partial charge in [0, 0.05) is 0 Å². The zero-order chi connectivity index (χ0) is 8.65. The second-order valence-corrected chi connectivity index (χ2v) is 4.32. The van der Waals surface area contributed by atoms with E-state index in [4.69, 9.17) is 0 Å². The van der Waals surface area contributed by atoms with Crippen molar-refractivity contribution in [1.82, 2.24) is 0 Å². The van der Waals surface area contributed by atoms with E-state index in [1.165, 1.54) is 0 Å². The second kappa shape index (κ2) is 2.76. The molecule has 4 atom stereocenters. The number of aliphatic hydroxyl groups excluding tert-OH is 1. The molecule has 0 aromatic rings. The normalized spacial score (nSPS) is 52.6. The summed E-state index contributed by atoms with van der Waals surface area (Å²) in [5.74, 6) is 0.761. The van der Waals surface area contributed by atoms with Crippen molar-refractivity contribution in [3.8, 4) is 0 Å². The minimum atomic E-state index is -0.864. The Morgan fingerprint density at radius 3 is 2.36 bits per heavy atom. The van der Waals surface area contributed by atoms with Crippen LogP contribution in [0, 0.1) is 11.8 Å². The quantitative estimate of drug-likeness (QED) is 0.555. The smallest absolute Gasteiger partial charge is 0.0882 e. The van der Waals surface area contributed by atoms with Crippen LogP contribution in [0.3, 0.4) is 0 Å². The Morgan fingerprint density at radius 1 is 1.36 bits per heavy atom. The number of rotatable bonds is 0. The third-order valence-corrected chi connectivity index (χ3v) is 2.71. The molecular weight excluding hydrogens is 140 g/mol. The molecule has 1 aliphatic carbocycles. The molecule has 2 N–H and O–H groups in total. The largest absolute Gasteiger partial charge is 0.390 e. The van der Waals surface area contributed by atoms with Gasteiger partial charge < -0.3 is 10.2 Å². The van der Waals surface area contributed by atoms with Crippen molar-refractivity contribution in [2.75, 3.05) is 0 Å². The molecule has 0 bridgehead atoms. The average molecular weight is 158 g/mol. The van der Waals surface area contributed by atoms with Crippen LogP contribution in [0.25, 0.3) is 0 Å². The fraction of sp³-hybridized carbons (Fsp3) is 1.00. The van der Waals surface area contributed by atoms with E-state index in [9.17, 15) is 10.2 Å². The zero-order valence-corrected chi connectivity index (χ0v) is 7.54. The first-order chi connectivity index (χ1) is 4.93. The van der Waals surface area contributed by atoms with E-state index in [-0.39, 0.29) is 5.92 Å². The molecule has 1 rings (SSSR count). The van der Waals surface area contributed by atoms with Crippen LogP contribution < -0.4 is 0 Å². The molecule has 0 heterocycles. The molecule has 1 fully saturated rings. The van der Waals surface area contributed by atoms with E-state index in [1.807, 2.05) is 6.92 Å². The molecule has 66 valence electrons. The van der Waals surface area contributed by atoms with Gasteiger partial charge in [0.25, 0.3) is 0 Å². The van der Waals surface area contributed by atoms with E-state index in [1.54, 1.807) is 6.92 Å². The maximum Gasteiger partial charge on any atom is 0.0882 e. The van der Waals surface area contributed by atoms with Crippen LogP contribution in [0.15, 0.2) is 0 Å². The molecule has 0 radical (unpaired) electrons. The van der Waals surface area contributed by atoms with E-state index in [0.29, 0.717) is 5.92 Å². The summed E-state index contributed by atoms with van der Waals surface area (Å²) in [6, 6.07) is 0. The van der Waals surface area contributed by atoms with Gasteiger partial charge in [-0.25, -0.2) is 0 Å². The van der Waals surface area contributed by atoms with Gasteiger partial charge in [0.1, 0.15) is 0 Å². The number of hydrogen-bond acceptors (Lipinski definition) is 2. The number of aliphatic hydroxyl groups is 2. The SMILES string of the molecule is CC1CC(C)C(O)C(C)(O)C1. The van der Waals surface area contributed by atoms with Crippen LogP contribution in [0.2, 0.25) is 0 Å². The predicted octanol–water partition coefficient (Wildman–Crippen LogP) is 1.16. The van der Waals surface area contributed by atoms with Gasteiger partial charge in [0.2, 0.25) is 0 Å². The van der Waals surface area contributed by atoms with E-state index >= 15 is 0 Å². The van der Waals surface area contributed by atoms with Gasteiger partial charge in [-0.05, 0) is 31.6 Å². The molecule has 4 unspecified atom stereocenters. The lowest BCUT2D eigenvalue weighted by atomic mass is 9.72. The first-order valence-electron chi connectivity index (χ1n) is 4.34. The van der Waals surface area contributed by atoms with E-state index in [2.05, 4.69) is 6.92 Å². The fourth-order valence-corrected chi connectivity index (χ4v) is 2.29. The first-order valence-corrected chi connectivity index (χ1v) is 4.34. The molecule has 2 heteroatoms. The second-order valence-electron chi connectivity index (χ2n) is 4.32. The van der Waals surface area contributed by atoms with Gasteiger partial charge in [-0.1, -0.05) is 13.8 Å². The average Bonchev–Trinajstić information content (AvgIpc) is 1.81. The van der Waals surface area contributed by atoms with Gasteiger partial charge in [-0.3, -0.25) is 0 Å². The molecule has 0 aliphatic heterocycles. The summed E-state index contributed by atoms with van der Waals surface area (Å²) in [7, 11) is 0. The Kier molecular flexibility index (Phi) is 2.26. The van der Waals surface area contributed by atoms with Crippen LogP contribution in [0.5, 0.6) is 0 Å². The topological polar surface area (TPSA) is 40.5 Å². The molecule has 0 saturated heterocycles. The van der Waals surface area contributed by atoms with Crippen molar-refractivity contribution >= 4 is 0 Å². The highest BCUT2D eigenvalue weighted by atomic mass is 16.3. The Hall–Kier alpha value is -0.0800. The summed E-state index contributed by atoms with van der Waals surface area (Å²) < 4.78 is 0. The lowest BCUT2D eigenvalue weighted by Crippen LogP contribution is -2.48. The van der Waals surface area contributed by atoms with Gasteiger partial charge >= 0.3 is 0 Å². The van der Waals surface area contributed by atoms with Gasteiger partial charge in [-0.15, -0.1) is 0 Å². The summed E-state index contributed by atoms with van der Waals surface area (Å²) in [4.78, 5) is 0. The molecule has 0 aromatic carbocycles. The lowest BCUT2D eigenvalue weighted by Gasteiger charge is -2.41. The summed E-state index contributed by atoms with van der Waals surface area (Å²) in [6.45, 7) is 5.84. The molecule has 1 aliphatic rings. The summed E-state index contributed by atoms with van der Waals surface area (Å²) in [5, 5.41) is 19.3. The lowest BCUT2D eigenvalue weighted by molar-refractivity contribution is -0.123. The molecule has 0 amide bonds. The zero-order valence-electron chi connectivity index (χ0n) is 7.54. The third kappa shape index (κ3) is 1.74. The predicted molar refractivity (Wildman–Crippen MR) is 44.2 cm³/mol. The highest BCUT2D eigenvalue weighted by Gasteiger charge is 2.40. The van der Waals surface area contributed by atoms with Crippen LogP contribution >= 0.6 is 0 Å². The molecule has 2 nitrogen and oxygen atoms in total. The van der Waals surface area contributed by atoms with Crippen molar-refractivity contribution in [3.63, 3.8) is 0 Å². The minimum absolute atomic E-state index is 0.230. The van der Waals surface area contributed by atoms with Crippen LogP contribution in [-0.2, 0) is 0 Å². The van der Waals surface area contributed by atoms with Gasteiger partial charge in [0.05, 0.1) is 11.7 Å². The Balaban J connectivity index is 2.67. The van der Waals surface area contributed by atoms with Gasteiger partial charge in [-0.2, -0.15) is 0 Å². The Morgan fingerprint density at radius 2 is 1.91 bits per heavy atom. The van der Waals surface area contributed by atoms with Crippen molar-refractivity contribution in [3.05, 3.63) is 0 Å². The maximum absolute atomic E-state index is 9.73. The maximum atomic E-state index is 9.73. The third-order valence-electron chi connectivity index (χ3n) is 2.71. The highest BCUT2D eigenvalue weighted by Crippen LogP contribution is 2.35. The monoisotopic (exact) mass is 158 g/mol. The van der Waals surface area contributed by atoms with Crippen LogP contribution in [0.4, 0.5) is 0 Å². The first kappa shape index (κ1) is 9.01. The minimum Gasteiger partial charge on any atom is -0.390 e. The highest BCUT2D eigenvalue weighted by molar-refractivity contribution is 4.91. The fourth-order valence-electron chi connectivity index (χ4n) is 2.29. The summed E-state index contributed by atoms with van der Waals surface area (Å²) in [6.07, 6.45) is 1.20. The molecule has 1 saturated carbocycles. The van der Waals surface area contributed by atoms with Crippen molar-refractivity contribution in [2.45, 2.75) is 45.3 Å². The van der Waals surface area contributed by atoms with Crippen molar-refractivity contribution < 1.29 is 10.2 Å². The molecular formula is C9H18O2. The number of hydrogen-bond donors (Lipinski definition) is 2.